The lowest BCUT2D eigenvalue weighted by atomic mass is 9.74. The van der Waals surface area contributed by atoms with Crippen LogP contribution in [0.1, 0.15) is 40.2 Å². The van der Waals surface area contributed by atoms with Gasteiger partial charge in [0.15, 0.2) is 0 Å². The first-order valence-electron chi connectivity index (χ1n) is 10.3. The first-order valence-corrected chi connectivity index (χ1v) is 10.3. The number of nitrogens with one attached hydrogen (secondary N) is 1. The second-order valence-electron chi connectivity index (χ2n) is 8.25. The summed E-state index contributed by atoms with van der Waals surface area (Å²) in [7, 11) is 1.39. The Kier molecular flexibility index (Phi) is 5.67. The number of rotatable bonds is 5. The zero-order chi connectivity index (χ0) is 20.3. The van der Waals surface area contributed by atoms with Gasteiger partial charge in [0.2, 0.25) is 5.91 Å². The van der Waals surface area contributed by atoms with Gasteiger partial charge in [0.25, 0.3) is 0 Å². The molecule has 0 aromatic heterocycles. The molecule has 0 bridgehead atoms. The molecule has 2 heterocycles. The van der Waals surface area contributed by atoms with Crippen LogP contribution in [0.3, 0.4) is 0 Å². The zero-order valence-electron chi connectivity index (χ0n) is 16.9. The third-order valence-corrected chi connectivity index (χ3v) is 6.28. The Labute approximate surface area is 172 Å². The third kappa shape index (κ3) is 4.06. The number of benzene rings is 2. The molecule has 0 saturated carbocycles. The van der Waals surface area contributed by atoms with Gasteiger partial charge in [-0.05, 0) is 42.5 Å². The quantitative estimate of drug-likeness (QED) is 0.795. The fourth-order valence-electron chi connectivity index (χ4n) is 4.54. The molecule has 1 N–H and O–H groups in total. The molecule has 4 rings (SSSR count). The van der Waals surface area contributed by atoms with Crippen LogP contribution in [-0.4, -0.2) is 50.1 Å². The molecule has 152 valence electrons. The number of likely N-dealkylation sites (tertiary alicyclic amines) is 1. The predicted molar refractivity (Wildman–Crippen MR) is 112 cm³/mol. The molecule has 5 nitrogen and oxygen atoms in total. The summed E-state index contributed by atoms with van der Waals surface area (Å²) in [5.74, 6) is 0.259. The topological polar surface area (TPSA) is 58.6 Å². The lowest BCUT2D eigenvalue weighted by Crippen LogP contribution is -2.64. The average Bonchev–Trinajstić information content (AvgIpc) is 2.76. The summed E-state index contributed by atoms with van der Waals surface area (Å²) in [5, 5.41) is 3.32. The van der Waals surface area contributed by atoms with Crippen LogP contribution in [0.15, 0.2) is 54.6 Å². The summed E-state index contributed by atoms with van der Waals surface area (Å²) < 4.78 is 4.78. The van der Waals surface area contributed by atoms with Crippen molar-refractivity contribution in [2.75, 3.05) is 33.3 Å². The number of piperidine rings is 1. The van der Waals surface area contributed by atoms with Crippen molar-refractivity contribution in [2.24, 2.45) is 5.41 Å². The van der Waals surface area contributed by atoms with E-state index in [2.05, 4.69) is 22.3 Å². The molecule has 2 aromatic carbocycles. The van der Waals surface area contributed by atoms with E-state index in [0.717, 1.165) is 45.4 Å². The molecule has 0 aliphatic carbocycles. The molecule has 1 atom stereocenters. The summed E-state index contributed by atoms with van der Waals surface area (Å²) in [6, 6.07) is 17.9. The van der Waals surface area contributed by atoms with Crippen LogP contribution in [0.4, 0.5) is 0 Å². The van der Waals surface area contributed by atoms with Gasteiger partial charge < -0.3 is 15.0 Å². The maximum atomic E-state index is 13.5. The lowest BCUT2D eigenvalue weighted by Gasteiger charge is -2.46. The van der Waals surface area contributed by atoms with E-state index in [-0.39, 0.29) is 17.3 Å². The van der Waals surface area contributed by atoms with E-state index in [4.69, 9.17) is 4.74 Å². The molecule has 2 fully saturated rings. The molecule has 0 radical (unpaired) electrons. The van der Waals surface area contributed by atoms with Gasteiger partial charge in [0.05, 0.1) is 18.1 Å². The van der Waals surface area contributed by atoms with Gasteiger partial charge in [0.1, 0.15) is 0 Å². The number of esters is 1. The minimum absolute atomic E-state index is 0.274. The molecule has 2 saturated heterocycles. The maximum absolute atomic E-state index is 13.5. The van der Waals surface area contributed by atoms with Crippen LogP contribution in [-0.2, 0) is 16.0 Å². The highest BCUT2D eigenvalue weighted by Gasteiger charge is 2.47. The highest BCUT2D eigenvalue weighted by molar-refractivity contribution is 5.89. The van der Waals surface area contributed by atoms with Gasteiger partial charge in [0, 0.05) is 32.1 Å². The molecular formula is C24H28N2O3. The van der Waals surface area contributed by atoms with Crippen LogP contribution in [0, 0.1) is 5.41 Å². The number of amides is 1. The Bertz CT molecular complexity index is 859. The Hall–Kier alpha value is -2.66. The summed E-state index contributed by atoms with van der Waals surface area (Å²) in [4.78, 5) is 27.2. The molecule has 2 aliphatic rings. The Morgan fingerprint density at radius 1 is 1.10 bits per heavy atom. The van der Waals surface area contributed by atoms with Crippen molar-refractivity contribution in [2.45, 2.75) is 25.2 Å². The molecular weight excluding hydrogens is 364 g/mol. The van der Waals surface area contributed by atoms with Crippen LogP contribution >= 0.6 is 0 Å². The predicted octanol–water partition coefficient (Wildman–Crippen LogP) is 3.01. The lowest BCUT2D eigenvalue weighted by molar-refractivity contribution is -0.146. The van der Waals surface area contributed by atoms with Crippen molar-refractivity contribution in [3.8, 4) is 0 Å². The minimum Gasteiger partial charge on any atom is -0.465 e. The molecule has 2 aliphatic heterocycles. The Morgan fingerprint density at radius 3 is 2.45 bits per heavy atom. The zero-order valence-corrected chi connectivity index (χ0v) is 16.9. The van der Waals surface area contributed by atoms with Crippen LogP contribution in [0.5, 0.6) is 0 Å². The second-order valence-corrected chi connectivity index (χ2v) is 8.25. The smallest absolute Gasteiger partial charge is 0.337 e. The van der Waals surface area contributed by atoms with Crippen molar-refractivity contribution < 1.29 is 14.3 Å². The number of carbonyl (C=O) groups is 2. The van der Waals surface area contributed by atoms with Gasteiger partial charge in [-0.2, -0.15) is 0 Å². The van der Waals surface area contributed by atoms with E-state index in [1.807, 2.05) is 42.5 Å². The highest BCUT2D eigenvalue weighted by Crippen LogP contribution is 2.34. The van der Waals surface area contributed by atoms with E-state index in [9.17, 15) is 9.59 Å². The summed E-state index contributed by atoms with van der Waals surface area (Å²) in [5.41, 5.74) is 2.63. The number of methoxy groups -OCH3 is 1. The summed E-state index contributed by atoms with van der Waals surface area (Å²) in [6.45, 7) is 3.06. The number of hydrogen-bond acceptors (Lipinski definition) is 4. The average molecular weight is 392 g/mol. The SMILES string of the molecule is COC(=O)c1ccc(C2CCCN(C(=O)C3(Cc4ccccc4)CNC3)C2)cc1. The van der Waals surface area contributed by atoms with Gasteiger partial charge in [-0.15, -0.1) is 0 Å². The highest BCUT2D eigenvalue weighted by atomic mass is 16.5. The summed E-state index contributed by atoms with van der Waals surface area (Å²) >= 11 is 0. The number of ether oxygens (including phenoxy) is 1. The minimum atomic E-state index is -0.322. The van der Waals surface area contributed by atoms with E-state index in [1.165, 1.54) is 18.2 Å². The van der Waals surface area contributed by atoms with Crippen LogP contribution in [0.2, 0.25) is 0 Å². The first-order chi connectivity index (χ1) is 14.1. The van der Waals surface area contributed by atoms with E-state index in [1.54, 1.807) is 0 Å². The normalized spacial score (nSPS) is 20.6. The molecule has 2 aromatic rings. The second kappa shape index (κ2) is 8.37. The van der Waals surface area contributed by atoms with Gasteiger partial charge in [-0.1, -0.05) is 42.5 Å². The Balaban J connectivity index is 1.46. The van der Waals surface area contributed by atoms with E-state index >= 15 is 0 Å². The van der Waals surface area contributed by atoms with Crippen LogP contribution in [0.25, 0.3) is 0 Å². The van der Waals surface area contributed by atoms with Crippen molar-refractivity contribution in [1.29, 1.82) is 0 Å². The first kappa shape index (κ1) is 19.6. The van der Waals surface area contributed by atoms with Crippen LogP contribution < -0.4 is 5.32 Å². The van der Waals surface area contributed by atoms with Gasteiger partial charge >= 0.3 is 5.97 Å². The number of hydrogen-bond donors (Lipinski definition) is 1. The fourth-order valence-corrected chi connectivity index (χ4v) is 4.54. The van der Waals surface area contributed by atoms with Gasteiger partial charge in [-0.3, -0.25) is 4.79 Å². The molecule has 0 spiro atoms. The third-order valence-electron chi connectivity index (χ3n) is 6.28. The van der Waals surface area contributed by atoms with Crippen molar-refractivity contribution >= 4 is 11.9 Å². The molecule has 1 amide bonds. The maximum Gasteiger partial charge on any atom is 0.337 e. The fraction of sp³-hybridized carbons (Fsp3) is 0.417. The molecule has 1 unspecified atom stereocenters. The molecule has 29 heavy (non-hydrogen) atoms. The van der Waals surface area contributed by atoms with Crippen molar-refractivity contribution in [1.82, 2.24) is 10.2 Å². The largest absolute Gasteiger partial charge is 0.465 e. The molecule has 5 heteroatoms. The van der Waals surface area contributed by atoms with E-state index < -0.39 is 0 Å². The number of carbonyl (C=O) groups excluding carboxylic acids is 2. The number of nitrogens with zero attached hydrogens (tertiary/aromatic N) is 1. The monoisotopic (exact) mass is 392 g/mol. The standard InChI is InChI=1S/C24H28N2O3/c1-29-22(27)20-11-9-19(10-12-20)21-8-5-13-26(15-21)23(28)24(16-25-17-24)14-18-6-3-2-4-7-18/h2-4,6-7,9-12,21,25H,5,8,13-17H2,1H3. The van der Waals surface area contributed by atoms with Crippen molar-refractivity contribution in [3.05, 3.63) is 71.3 Å². The van der Waals surface area contributed by atoms with Gasteiger partial charge in [-0.25, -0.2) is 4.79 Å². The Morgan fingerprint density at radius 2 is 1.83 bits per heavy atom. The van der Waals surface area contributed by atoms with Crippen molar-refractivity contribution in [3.63, 3.8) is 0 Å². The van der Waals surface area contributed by atoms with E-state index in [0.29, 0.717) is 11.5 Å². The summed E-state index contributed by atoms with van der Waals surface area (Å²) in [6.07, 6.45) is 2.85.